The van der Waals surface area contributed by atoms with E-state index in [0.717, 1.165) is 17.6 Å². The summed E-state index contributed by atoms with van der Waals surface area (Å²) in [6.07, 6.45) is -5.77. The molecule has 1 fully saturated rings. The van der Waals surface area contributed by atoms with E-state index in [9.17, 15) is 22.7 Å². The van der Waals surface area contributed by atoms with Crippen LogP contribution in [-0.4, -0.2) is 27.1 Å². The predicted octanol–water partition coefficient (Wildman–Crippen LogP) is 4.12. The summed E-state index contributed by atoms with van der Waals surface area (Å²) in [6.45, 7) is 1.94. The number of benzene rings is 1. The zero-order valence-electron chi connectivity index (χ0n) is 10.7. The standard InChI is InChI=1S/C13H14F4OS2/c1-7-12(20-5-4-19-7)11(18)8-2-3-10(14)9(6-8)13(15,16)17/h2-3,6-7,11-12,18H,4-5H2,1H3. The van der Waals surface area contributed by atoms with E-state index in [1.54, 1.807) is 23.5 Å². The van der Waals surface area contributed by atoms with Crippen molar-refractivity contribution in [3.05, 3.63) is 35.1 Å². The van der Waals surface area contributed by atoms with Crippen LogP contribution < -0.4 is 0 Å². The van der Waals surface area contributed by atoms with Crippen molar-refractivity contribution in [1.29, 1.82) is 0 Å². The van der Waals surface area contributed by atoms with Crippen molar-refractivity contribution in [2.75, 3.05) is 11.5 Å². The Morgan fingerprint density at radius 3 is 2.50 bits per heavy atom. The number of aliphatic hydroxyl groups is 1. The van der Waals surface area contributed by atoms with Gasteiger partial charge >= 0.3 is 6.18 Å². The van der Waals surface area contributed by atoms with Crippen molar-refractivity contribution in [2.45, 2.75) is 29.7 Å². The van der Waals surface area contributed by atoms with Crippen LogP contribution in [0, 0.1) is 5.82 Å². The van der Waals surface area contributed by atoms with Gasteiger partial charge in [0.1, 0.15) is 5.82 Å². The van der Waals surface area contributed by atoms with Crippen LogP contribution in [0.25, 0.3) is 0 Å². The van der Waals surface area contributed by atoms with E-state index in [-0.39, 0.29) is 16.1 Å². The number of alkyl halides is 3. The maximum Gasteiger partial charge on any atom is 0.419 e. The third kappa shape index (κ3) is 3.43. The Bertz CT molecular complexity index is 478. The van der Waals surface area contributed by atoms with Gasteiger partial charge in [-0.05, 0) is 17.7 Å². The minimum absolute atomic E-state index is 0.116. The number of rotatable bonds is 2. The average Bonchev–Trinajstić information content (AvgIpc) is 2.37. The van der Waals surface area contributed by atoms with Gasteiger partial charge in [0.25, 0.3) is 0 Å². The van der Waals surface area contributed by atoms with Crippen LogP contribution >= 0.6 is 23.5 Å². The van der Waals surface area contributed by atoms with Crippen molar-refractivity contribution in [3.8, 4) is 0 Å². The summed E-state index contributed by atoms with van der Waals surface area (Å²) < 4.78 is 51.3. The molecular weight excluding hydrogens is 312 g/mol. The molecule has 0 aromatic heterocycles. The Hall–Kier alpha value is -0.400. The van der Waals surface area contributed by atoms with Crippen LogP contribution in [0.5, 0.6) is 0 Å². The van der Waals surface area contributed by atoms with Gasteiger partial charge < -0.3 is 5.11 Å². The Morgan fingerprint density at radius 2 is 1.90 bits per heavy atom. The molecule has 2 rings (SSSR count). The van der Waals surface area contributed by atoms with Crippen molar-refractivity contribution >= 4 is 23.5 Å². The Kier molecular flexibility index (Phi) is 4.92. The summed E-state index contributed by atoms with van der Waals surface area (Å²) in [6, 6.07) is 2.71. The quantitative estimate of drug-likeness (QED) is 0.826. The van der Waals surface area contributed by atoms with E-state index in [0.29, 0.717) is 6.07 Å². The van der Waals surface area contributed by atoms with Crippen LogP contribution in [0.15, 0.2) is 18.2 Å². The Morgan fingerprint density at radius 1 is 1.25 bits per heavy atom. The normalized spacial score (nSPS) is 25.5. The van der Waals surface area contributed by atoms with Gasteiger partial charge in [-0.2, -0.15) is 36.7 Å². The van der Waals surface area contributed by atoms with E-state index in [4.69, 9.17) is 0 Å². The summed E-state index contributed by atoms with van der Waals surface area (Å²) in [4.78, 5) is 0. The molecule has 1 aliphatic heterocycles. The first-order valence-electron chi connectivity index (χ1n) is 6.08. The van der Waals surface area contributed by atoms with E-state index in [1.165, 1.54) is 6.07 Å². The highest BCUT2D eigenvalue weighted by Gasteiger charge is 2.36. The summed E-state index contributed by atoms with van der Waals surface area (Å²) >= 11 is 3.23. The molecule has 1 N–H and O–H groups in total. The lowest BCUT2D eigenvalue weighted by atomic mass is 10.0. The van der Waals surface area contributed by atoms with E-state index in [1.807, 2.05) is 6.92 Å². The van der Waals surface area contributed by atoms with Gasteiger partial charge in [0, 0.05) is 22.0 Å². The van der Waals surface area contributed by atoms with Gasteiger partial charge in [-0.25, -0.2) is 4.39 Å². The molecule has 112 valence electrons. The third-order valence-corrected chi connectivity index (χ3v) is 6.37. The fourth-order valence-electron chi connectivity index (χ4n) is 2.13. The molecule has 1 aromatic carbocycles. The zero-order chi connectivity index (χ0) is 14.9. The largest absolute Gasteiger partial charge is 0.419 e. The van der Waals surface area contributed by atoms with Crippen LogP contribution in [0.4, 0.5) is 17.6 Å². The van der Waals surface area contributed by atoms with Gasteiger partial charge in [0.15, 0.2) is 0 Å². The monoisotopic (exact) mass is 326 g/mol. The molecule has 1 saturated heterocycles. The molecule has 3 unspecified atom stereocenters. The summed E-state index contributed by atoms with van der Waals surface area (Å²) in [5, 5.41) is 10.2. The lowest BCUT2D eigenvalue weighted by Gasteiger charge is -2.32. The van der Waals surface area contributed by atoms with Crippen molar-refractivity contribution in [1.82, 2.24) is 0 Å². The fourth-order valence-corrected chi connectivity index (χ4v) is 4.96. The van der Waals surface area contributed by atoms with E-state index >= 15 is 0 Å². The Balaban J connectivity index is 2.28. The summed E-state index contributed by atoms with van der Waals surface area (Å²) in [5.41, 5.74) is -1.21. The van der Waals surface area contributed by atoms with Crippen LogP contribution in [-0.2, 0) is 6.18 Å². The molecule has 0 amide bonds. The van der Waals surface area contributed by atoms with E-state index < -0.39 is 23.7 Å². The maximum absolute atomic E-state index is 13.2. The lowest BCUT2D eigenvalue weighted by molar-refractivity contribution is -0.140. The molecule has 0 aliphatic carbocycles. The highest BCUT2D eigenvalue weighted by atomic mass is 32.2. The number of aliphatic hydroxyl groups excluding tert-OH is 1. The first kappa shape index (κ1) is 16.0. The number of hydrogen-bond acceptors (Lipinski definition) is 3. The predicted molar refractivity (Wildman–Crippen MR) is 74.5 cm³/mol. The van der Waals surface area contributed by atoms with E-state index in [2.05, 4.69) is 0 Å². The molecule has 1 nitrogen and oxygen atoms in total. The molecular formula is C13H14F4OS2. The van der Waals surface area contributed by atoms with Crippen LogP contribution in [0.3, 0.4) is 0 Å². The molecule has 3 atom stereocenters. The minimum Gasteiger partial charge on any atom is -0.387 e. The summed E-state index contributed by atoms with van der Waals surface area (Å²) in [7, 11) is 0. The summed E-state index contributed by atoms with van der Waals surface area (Å²) in [5.74, 6) is 0.503. The molecule has 0 saturated carbocycles. The SMILES string of the molecule is CC1SCCSC1C(O)c1ccc(F)c(C(F)(F)F)c1. The smallest absolute Gasteiger partial charge is 0.387 e. The van der Waals surface area contributed by atoms with Gasteiger partial charge in [0.2, 0.25) is 0 Å². The highest BCUT2D eigenvalue weighted by Crippen LogP contribution is 2.40. The lowest BCUT2D eigenvalue weighted by Crippen LogP contribution is -2.29. The van der Waals surface area contributed by atoms with Crippen molar-refractivity contribution in [3.63, 3.8) is 0 Å². The second kappa shape index (κ2) is 6.15. The molecule has 1 aromatic rings. The van der Waals surface area contributed by atoms with Gasteiger partial charge in [-0.15, -0.1) is 0 Å². The molecule has 0 bridgehead atoms. The number of thioether (sulfide) groups is 2. The van der Waals surface area contributed by atoms with Crippen LogP contribution in [0.1, 0.15) is 24.2 Å². The van der Waals surface area contributed by atoms with Crippen molar-refractivity contribution < 1.29 is 22.7 Å². The van der Waals surface area contributed by atoms with Gasteiger partial charge in [0.05, 0.1) is 11.7 Å². The molecule has 0 spiro atoms. The highest BCUT2D eigenvalue weighted by molar-refractivity contribution is 8.07. The molecule has 7 heteroatoms. The average molecular weight is 326 g/mol. The molecule has 20 heavy (non-hydrogen) atoms. The second-order valence-corrected chi connectivity index (χ2v) is 7.36. The molecule has 1 heterocycles. The third-order valence-electron chi connectivity index (χ3n) is 3.19. The first-order chi connectivity index (χ1) is 9.30. The van der Waals surface area contributed by atoms with Gasteiger partial charge in [-0.1, -0.05) is 13.0 Å². The topological polar surface area (TPSA) is 20.2 Å². The first-order valence-corrected chi connectivity index (χ1v) is 8.18. The number of hydrogen-bond donors (Lipinski definition) is 1. The van der Waals surface area contributed by atoms with Crippen LogP contribution in [0.2, 0.25) is 0 Å². The maximum atomic E-state index is 13.2. The molecule has 0 radical (unpaired) electrons. The molecule has 1 aliphatic rings. The van der Waals surface area contributed by atoms with Gasteiger partial charge in [-0.3, -0.25) is 0 Å². The van der Waals surface area contributed by atoms with Crippen molar-refractivity contribution in [2.24, 2.45) is 0 Å². The number of halogens is 4. The Labute approximate surface area is 123 Å². The second-order valence-electron chi connectivity index (χ2n) is 4.59. The zero-order valence-corrected chi connectivity index (χ0v) is 12.3. The minimum atomic E-state index is -4.75. The fraction of sp³-hybridized carbons (Fsp3) is 0.538.